The number of rotatable bonds is 3. The van der Waals surface area contributed by atoms with Gasteiger partial charge in [-0.3, -0.25) is 4.79 Å². The Hall–Kier alpha value is -2.20. The highest BCUT2D eigenvalue weighted by Crippen LogP contribution is 2.19. The number of ether oxygens (including phenoxy) is 1. The van der Waals surface area contributed by atoms with E-state index >= 15 is 0 Å². The van der Waals surface area contributed by atoms with Crippen LogP contribution in [0.2, 0.25) is 0 Å². The van der Waals surface area contributed by atoms with Crippen molar-refractivity contribution in [1.29, 1.82) is 5.26 Å². The van der Waals surface area contributed by atoms with Crippen molar-refractivity contribution < 1.29 is 9.53 Å². The zero-order chi connectivity index (χ0) is 17.5. The molecule has 1 aliphatic rings. The van der Waals surface area contributed by atoms with Gasteiger partial charge in [-0.25, -0.2) is 0 Å². The van der Waals surface area contributed by atoms with Gasteiger partial charge in [0.2, 0.25) is 6.19 Å². The monoisotopic (exact) mass is 346 g/mol. The number of nitrogens with zero attached hydrogens (tertiary/aromatic N) is 4. The van der Waals surface area contributed by atoms with Gasteiger partial charge in [0.15, 0.2) is 11.3 Å². The average molecular weight is 346 g/mol. The third kappa shape index (κ3) is 4.42. The van der Waals surface area contributed by atoms with E-state index in [2.05, 4.69) is 4.99 Å². The topological polar surface area (TPSA) is 68.9 Å². The van der Waals surface area contributed by atoms with Crippen molar-refractivity contribution in [2.24, 2.45) is 4.99 Å². The van der Waals surface area contributed by atoms with E-state index in [0.29, 0.717) is 31.3 Å². The van der Waals surface area contributed by atoms with Gasteiger partial charge < -0.3 is 14.5 Å². The normalized spacial score (nSPS) is 16.5. The van der Waals surface area contributed by atoms with Crippen LogP contribution in [-0.4, -0.2) is 59.4 Å². The average Bonchev–Trinajstić information content (AvgIpc) is 2.61. The predicted octanol–water partition coefficient (Wildman–Crippen LogP) is 2.11. The van der Waals surface area contributed by atoms with Crippen molar-refractivity contribution in [3.05, 3.63) is 29.8 Å². The van der Waals surface area contributed by atoms with Gasteiger partial charge >= 0.3 is 0 Å². The van der Waals surface area contributed by atoms with E-state index in [1.165, 1.54) is 11.8 Å². The van der Waals surface area contributed by atoms with Crippen molar-refractivity contribution in [1.82, 2.24) is 9.80 Å². The van der Waals surface area contributed by atoms with Crippen LogP contribution in [0.1, 0.15) is 12.5 Å². The van der Waals surface area contributed by atoms with E-state index in [0.717, 1.165) is 11.3 Å². The van der Waals surface area contributed by atoms with E-state index in [-0.39, 0.29) is 5.91 Å². The lowest BCUT2D eigenvalue weighted by molar-refractivity contribution is -0.139. The summed E-state index contributed by atoms with van der Waals surface area (Å²) < 4.78 is 5.82. The molecule has 0 bridgehead atoms. The molecule has 24 heavy (non-hydrogen) atoms. The summed E-state index contributed by atoms with van der Waals surface area (Å²) in [5, 5.41) is 9.42. The largest absolute Gasteiger partial charge is 0.481 e. The summed E-state index contributed by atoms with van der Waals surface area (Å²) in [5.74, 6) is 0.726. The van der Waals surface area contributed by atoms with Crippen molar-refractivity contribution in [2.45, 2.75) is 20.0 Å². The number of thioether (sulfide) groups is 1. The minimum atomic E-state index is -0.523. The quantitative estimate of drug-likeness (QED) is 0.476. The molecule has 1 heterocycles. The van der Waals surface area contributed by atoms with Crippen molar-refractivity contribution >= 4 is 22.8 Å². The number of hydrogen-bond acceptors (Lipinski definition) is 5. The lowest BCUT2D eigenvalue weighted by Gasteiger charge is -2.36. The zero-order valence-corrected chi connectivity index (χ0v) is 15.0. The molecule has 1 atom stereocenters. The number of carbonyl (C=O) groups excluding carboxylic acids is 1. The summed E-state index contributed by atoms with van der Waals surface area (Å²) >= 11 is 1.45. The van der Waals surface area contributed by atoms with Gasteiger partial charge in [-0.05, 0) is 31.7 Å². The molecule has 1 saturated heterocycles. The molecule has 1 unspecified atom stereocenters. The Morgan fingerprint density at radius 3 is 2.50 bits per heavy atom. The molecule has 0 spiro atoms. The molecule has 1 aliphatic heterocycles. The van der Waals surface area contributed by atoms with E-state index in [4.69, 9.17) is 10.00 Å². The second-order valence-electron chi connectivity index (χ2n) is 5.54. The second-order valence-corrected chi connectivity index (χ2v) is 6.31. The van der Waals surface area contributed by atoms with E-state index < -0.39 is 6.10 Å². The number of amidine groups is 1. The van der Waals surface area contributed by atoms with Crippen molar-refractivity contribution in [3.8, 4) is 11.9 Å². The van der Waals surface area contributed by atoms with Gasteiger partial charge in [-0.1, -0.05) is 30.0 Å². The summed E-state index contributed by atoms with van der Waals surface area (Å²) in [4.78, 5) is 20.2. The van der Waals surface area contributed by atoms with Crippen LogP contribution in [0.3, 0.4) is 0 Å². The molecule has 1 aromatic carbocycles. The van der Waals surface area contributed by atoms with Crippen LogP contribution in [-0.2, 0) is 4.79 Å². The Balaban J connectivity index is 1.92. The first-order valence-electron chi connectivity index (χ1n) is 7.83. The van der Waals surface area contributed by atoms with E-state index in [1.807, 2.05) is 53.4 Å². The van der Waals surface area contributed by atoms with Crippen LogP contribution in [0.15, 0.2) is 29.3 Å². The number of piperazine rings is 1. The fraction of sp³-hybridized carbons (Fsp3) is 0.471. The Bertz CT molecular complexity index is 648. The van der Waals surface area contributed by atoms with Gasteiger partial charge in [0.1, 0.15) is 5.75 Å². The second kappa shape index (κ2) is 8.60. The first-order chi connectivity index (χ1) is 11.6. The zero-order valence-electron chi connectivity index (χ0n) is 14.2. The highest BCUT2D eigenvalue weighted by atomic mass is 32.2. The van der Waals surface area contributed by atoms with Crippen LogP contribution in [0, 0.1) is 18.4 Å². The Morgan fingerprint density at radius 1 is 1.29 bits per heavy atom. The van der Waals surface area contributed by atoms with Gasteiger partial charge in [0.05, 0.1) is 0 Å². The standard InChI is InChI=1S/C17H22N4O2S/c1-13-6-4-5-7-15(13)23-14(2)16(22)20-8-10-21(11-9-20)17(24-3)19-12-18/h4-7,14H,8-11H2,1-3H3. The lowest BCUT2D eigenvalue weighted by Crippen LogP contribution is -2.52. The molecule has 128 valence electrons. The molecule has 0 saturated carbocycles. The highest BCUT2D eigenvalue weighted by Gasteiger charge is 2.27. The lowest BCUT2D eigenvalue weighted by atomic mass is 10.2. The number of hydrogen-bond donors (Lipinski definition) is 0. The highest BCUT2D eigenvalue weighted by molar-refractivity contribution is 8.13. The van der Waals surface area contributed by atoms with E-state index in [1.54, 1.807) is 6.92 Å². The molecular formula is C17H22N4O2S. The summed E-state index contributed by atoms with van der Waals surface area (Å²) in [6, 6.07) is 7.68. The fourth-order valence-corrected chi connectivity index (χ4v) is 3.17. The molecule has 7 heteroatoms. The maximum atomic E-state index is 12.6. The molecular weight excluding hydrogens is 324 g/mol. The Kier molecular flexibility index (Phi) is 6.50. The number of carbonyl (C=O) groups is 1. The number of para-hydroxylation sites is 1. The summed E-state index contributed by atoms with van der Waals surface area (Å²) in [6.45, 7) is 6.29. The maximum Gasteiger partial charge on any atom is 0.263 e. The Morgan fingerprint density at radius 2 is 1.92 bits per heavy atom. The summed E-state index contributed by atoms with van der Waals surface area (Å²) in [6.07, 6.45) is 3.20. The molecule has 0 aromatic heterocycles. The number of aryl methyl sites for hydroxylation is 1. The van der Waals surface area contributed by atoms with Crippen molar-refractivity contribution in [2.75, 3.05) is 32.4 Å². The molecule has 1 aromatic rings. The van der Waals surface area contributed by atoms with Crippen LogP contribution in [0.25, 0.3) is 0 Å². The minimum Gasteiger partial charge on any atom is -0.481 e. The smallest absolute Gasteiger partial charge is 0.263 e. The van der Waals surface area contributed by atoms with Crippen LogP contribution < -0.4 is 4.74 Å². The fourth-order valence-electron chi connectivity index (χ4n) is 2.59. The number of aliphatic imine (C=N–C) groups is 1. The number of benzene rings is 1. The first kappa shape index (κ1) is 18.1. The van der Waals surface area contributed by atoms with E-state index in [9.17, 15) is 4.79 Å². The van der Waals surface area contributed by atoms with Gasteiger partial charge in [-0.2, -0.15) is 5.26 Å². The molecule has 6 nitrogen and oxygen atoms in total. The Labute approximate surface area is 147 Å². The first-order valence-corrected chi connectivity index (χ1v) is 9.06. The minimum absolute atomic E-state index is 0.0131. The third-order valence-corrected chi connectivity index (χ3v) is 4.65. The predicted molar refractivity (Wildman–Crippen MR) is 96.0 cm³/mol. The van der Waals surface area contributed by atoms with Crippen LogP contribution in [0.4, 0.5) is 0 Å². The third-order valence-electron chi connectivity index (χ3n) is 3.94. The van der Waals surface area contributed by atoms with Crippen LogP contribution >= 0.6 is 11.8 Å². The molecule has 0 aliphatic carbocycles. The number of amides is 1. The summed E-state index contributed by atoms with van der Waals surface area (Å²) in [7, 11) is 0. The SMILES string of the molecule is CSC(=NC#N)N1CCN(C(=O)C(C)Oc2ccccc2C)CC1. The molecule has 0 radical (unpaired) electrons. The summed E-state index contributed by atoms with van der Waals surface area (Å²) in [5.41, 5.74) is 1.01. The van der Waals surface area contributed by atoms with Crippen LogP contribution in [0.5, 0.6) is 5.75 Å². The van der Waals surface area contributed by atoms with Crippen molar-refractivity contribution in [3.63, 3.8) is 0 Å². The molecule has 2 rings (SSSR count). The number of nitriles is 1. The molecule has 1 amide bonds. The van der Waals surface area contributed by atoms with Gasteiger partial charge in [0, 0.05) is 26.2 Å². The molecule has 0 N–H and O–H groups in total. The van der Waals surface area contributed by atoms with Gasteiger partial charge in [0.25, 0.3) is 5.91 Å². The maximum absolute atomic E-state index is 12.6. The van der Waals surface area contributed by atoms with Gasteiger partial charge in [-0.15, -0.1) is 4.99 Å². The molecule has 1 fully saturated rings.